The third-order valence-corrected chi connectivity index (χ3v) is 5.43. The van der Waals surface area contributed by atoms with E-state index in [1.807, 2.05) is 11.0 Å². The number of likely N-dealkylation sites (tertiary alicyclic amines) is 1. The van der Waals surface area contributed by atoms with Gasteiger partial charge in [-0.2, -0.15) is 0 Å². The summed E-state index contributed by atoms with van der Waals surface area (Å²) in [4.78, 5) is 40.3. The van der Waals surface area contributed by atoms with Gasteiger partial charge in [0.05, 0.1) is 5.69 Å². The van der Waals surface area contributed by atoms with Gasteiger partial charge in [0.1, 0.15) is 11.6 Å². The molecule has 1 amide bonds. The van der Waals surface area contributed by atoms with Gasteiger partial charge in [-0.05, 0) is 44.7 Å². The SMILES string of the molecule is Cc1nc([C@@H]2CCCN(c3cc(C(=O)N4CCCC4)ccn3)C2)cc(=O)[nH]1. The van der Waals surface area contributed by atoms with Crippen LogP contribution in [0.15, 0.2) is 29.2 Å². The number of anilines is 1. The van der Waals surface area contributed by atoms with Crippen molar-refractivity contribution in [3.8, 4) is 0 Å². The van der Waals surface area contributed by atoms with Gasteiger partial charge >= 0.3 is 0 Å². The van der Waals surface area contributed by atoms with Crippen molar-refractivity contribution in [2.75, 3.05) is 31.1 Å². The number of H-pyrrole nitrogens is 1. The fourth-order valence-corrected chi connectivity index (χ4v) is 4.07. The van der Waals surface area contributed by atoms with E-state index < -0.39 is 0 Å². The highest BCUT2D eigenvalue weighted by Crippen LogP contribution is 2.28. The highest BCUT2D eigenvalue weighted by atomic mass is 16.2. The van der Waals surface area contributed by atoms with Gasteiger partial charge in [0.2, 0.25) is 0 Å². The van der Waals surface area contributed by atoms with E-state index >= 15 is 0 Å². The number of aromatic nitrogens is 3. The molecule has 142 valence electrons. The molecule has 2 fully saturated rings. The van der Waals surface area contributed by atoms with Gasteiger partial charge < -0.3 is 14.8 Å². The third kappa shape index (κ3) is 3.86. The first-order valence-electron chi connectivity index (χ1n) is 9.68. The Labute approximate surface area is 158 Å². The number of rotatable bonds is 3. The minimum Gasteiger partial charge on any atom is -0.356 e. The van der Waals surface area contributed by atoms with Crippen LogP contribution in [0.25, 0.3) is 0 Å². The van der Waals surface area contributed by atoms with Crippen LogP contribution in [-0.2, 0) is 0 Å². The minimum absolute atomic E-state index is 0.0941. The van der Waals surface area contributed by atoms with Crippen molar-refractivity contribution in [2.24, 2.45) is 0 Å². The lowest BCUT2D eigenvalue weighted by Crippen LogP contribution is -2.36. The number of carbonyl (C=O) groups excluding carboxylic acids is 1. The predicted octanol–water partition coefficient (Wildman–Crippen LogP) is 2.09. The molecular weight excluding hydrogens is 342 g/mol. The average Bonchev–Trinajstić information content (AvgIpc) is 3.22. The summed E-state index contributed by atoms with van der Waals surface area (Å²) < 4.78 is 0. The van der Waals surface area contributed by atoms with E-state index in [9.17, 15) is 9.59 Å². The van der Waals surface area contributed by atoms with Crippen molar-refractivity contribution in [1.82, 2.24) is 19.9 Å². The van der Waals surface area contributed by atoms with Crippen molar-refractivity contribution in [2.45, 2.75) is 38.5 Å². The largest absolute Gasteiger partial charge is 0.356 e. The Bertz CT molecular complexity index is 888. The molecule has 27 heavy (non-hydrogen) atoms. The predicted molar refractivity (Wildman–Crippen MR) is 103 cm³/mol. The second-order valence-electron chi connectivity index (χ2n) is 7.44. The van der Waals surface area contributed by atoms with Crippen LogP contribution in [0.3, 0.4) is 0 Å². The lowest BCUT2D eigenvalue weighted by atomic mass is 9.94. The lowest BCUT2D eigenvalue weighted by molar-refractivity contribution is 0.0792. The standard InChI is InChI=1S/C20H25N5O2/c1-14-22-17(12-19(26)23-14)16-5-4-10-25(13-16)18-11-15(6-7-21-18)20(27)24-8-2-3-9-24/h6-7,11-12,16H,2-5,8-10,13H2,1H3,(H,22,23,26)/t16-/m1/s1. The van der Waals surface area contributed by atoms with Crippen LogP contribution in [0.2, 0.25) is 0 Å². The minimum atomic E-state index is -0.106. The summed E-state index contributed by atoms with van der Waals surface area (Å²) in [7, 11) is 0. The van der Waals surface area contributed by atoms with Crippen molar-refractivity contribution in [3.05, 3.63) is 51.8 Å². The molecule has 0 aromatic carbocycles. The normalized spacial score (nSPS) is 20.1. The number of nitrogens with one attached hydrogen (secondary N) is 1. The summed E-state index contributed by atoms with van der Waals surface area (Å²) in [6.07, 6.45) is 5.89. The number of pyridine rings is 1. The summed E-state index contributed by atoms with van der Waals surface area (Å²) >= 11 is 0. The number of piperidine rings is 1. The van der Waals surface area contributed by atoms with Gasteiger partial charge in [-0.1, -0.05) is 0 Å². The van der Waals surface area contributed by atoms with Crippen molar-refractivity contribution < 1.29 is 4.79 Å². The molecule has 4 rings (SSSR count). The van der Waals surface area contributed by atoms with E-state index in [-0.39, 0.29) is 17.4 Å². The summed E-state index contributed by atoms with van der Waals surface area (Å²) in [6, 6.07) is 5.30. The number of aromatic amines is 1. The number of carbonyl (C=O) groups is 1. The molecule has 2 aromatic heterocycles. The van der Waals surface area contributed by atoms with Gasteiger partial charge in [0, 0.05) is 49.9 Å². The summed E-state index contributed by atoms with van der Waals surface area (Å²) in [5.74, 6) is 1.76. The Morgan fingerprint density at radius 2 is 2.00 bits per heavy atom. The number of nitrogens with zero attached hydrogens (tertiary/aromatic N) is 4. The molecule has 4 heterocycles. The fraction of sp³-hybridized carbons (Fsp3) is 0.500. The third-order valence-electron chi connectivity index (χ3n) is 5.43. The summed E-state index contributed by atoms with van der Waals surface area (Å²) in [5.41, 5.74) is 1.44. The van der Waals surface area contributed by atoms with Gasteiger partial charge in [-0.15, -0.1) is 0 Å². The van der Waals surface area contributed by atoms with E-state index in [0.29, 0.717) is 11.4 Å². The number of hydrogen-bond acceptors (Lipinski definition) is 5. The quantitative estimate of drug-likeness (QED) is 0.898. The Hall–Kier alpha value is -2.70. The van der Waals surface area contributed by atoms with E-state index in [4.69, 9.17) is 0 Å². The maximum atomic E-state index is 12.7. The van der Waals surface area contributed by atoms with Crippen molar-refractivity contribution in [1.29, 1.82) is 0 Å². The van der Waals surface area contributed by atoms with Gasteiger partial charge in [-0.3, -0.25) is 9.59 Å². The molecule has 2 saturated heterocycles. The maximum absolute atomic E-state index is 12.7. The van der Waals surface area contributed by atoms with Crippen LogP contribution in [0.1, 0.15) is 53.5 Å². The molecule has 0 unspecified atom stereocenters. The molecule has 2 aliphatic rings. The van der Waals surface area contributed by atoms with Gasteiger partial charge in [0.15, 0.2) is 0 Å². The van der Waals surface area contributed by atoms with E-state index in [0.717, 1.165) is 63.4 Å². The molecule has 7 heteroatoms. The molecule has 2 aromatic rings. The Morgan fingerprint density at radius 3 is 2.78 bits per heavy atom. The van der Waals surface area contributed by atoms with Gasteiger partial charge in [0.25, 0.3) is 11.5 Å². The summed E-state index contributed by atoms with van der Waals surface area (Å²) in [6.45, 7) is 5.14. The van der Waals surface area contributed by atoms with Crippen LogP contribution < -0.4 is 10.5 Å². The zero-order chi connectivity index (χ0) is 18.8. The van der Waals surface area contributed by atoms with E-state index in [1.54, 1.807) is 25.3 Å². The zero-order valence-corrected chi connectivity index (χ0v) is 15.6. The average molecular weight is 367 g/mol. The Balaban J connectivity index is 1.53. The van der Waals surface area contributed by atoms with Crippen molar-refractivity contribution >= 4 is 11.7 Å². The maximum Gasteiger partial charge on any atom is 0.254 e. The van der Waals surface area contributed by atoms with Crippen LogP contribution in [-0.4, -0.2) is 51.9 Å². The zero-order valence-electron chi connectivity index (χ0n) is 15.6. The number of amides is 1. The topological polar surface area (TPSA) is 82.2 Å². The first-order valence-corrected chi connectivity index (χ1v) is 9.68. The molecule has 2 aliphatic heterocycles. The Kier molecular flexibility index (Phi) is 4.92. The highest BCUT2D eigenvalue weighted by Gasteiger charge is 2.25. The molecule has 0 saturated carbocycles. The van der Waals surface area contributed by atoms with Crippen molar-refractivity contribution in [3.63, 3.8) is 0 Å². The first-order chi connectivity index (χ1) is 13.1. The lowest BCUT2D eigenvalue weighted by Gasteiger charge is -2.33. The van der Waals surface area contributed by atoms with Gasteiger partial charge in [-0.25, -0.2) is 9.97 Å². The highest BCUT2D eigenvalue weighted by molar-refractivity contribution is 5.95. The monoisotopic (exact) mass is 367 g/mol. The number of aryl methyl sites for hydroxylation is 1. The molecule has 0 aliphatic carbocycles. The molecule has 7 nitrogen and oxygen atoms in total. The van der Waals surface area contributed by atoms with E-state index in [2.05, 4.69) is 19.9 Å². The molecule has 0 bridgehead atoms. The van der Waals surface area contributed by atoms with Crippen LogP contribution >= 0.6 is 0 Å². The van der Waals surface area contributed by atoms with E-state index in [1.165, 1.54) is 0 Å². The first kappa shape index (κ1) is 17.7. The Morgan fingerprint density at radius 1 is 1.19 bits per heavy atom. The molecule has 1 N–H and O–H groups in total. The molecule has 0 radical (unpaired) electrons. The van der Waals surface area contributed by atoms with Crippen LogP contribution in [0, 0.1) is 6.92 Å². The molecule has 1 atom stereocenters. The smallest absolute Gasteiger partial charge is 0.254 e. The second-order valence-corrected chi connectivity index (χ2v) is 7.44. The van der Waals surface area contributed by atoms with Crippen LogP contribution in [0.4, 0.5) is 5.82 Å². The number of hydrogen-bond donors (Lipinski definition) is 1. The summed E-state index contributed by atoms with van der Waals surface area (Å²) in [5, 5.41) is 0. The fourth-order valence-electron chi connectivity index (χ4n) is 4.07. The molecular formula is C20H25N5O2. The molecule has 0 spiro atoms. The second kappa shape index (κ2) is 7.50. The van der Waals surface area contributed by atoms with Crippen LogP contribution in [0.5, 0.6) is 0 Å².